The van der Waals surface area contributed by atoms with Crippen molar-refractivity contribution in [2.24, 2.45) is 5.73 Å². The Balaban J connectivity index is 1.87. The van der Waals surface area contributed by atoms with Gasteiger partial charge in [0.25, 0.3) is 5.91 Å². The monoisotopic (exact) mass is 326 g/mol. The van der Waals surface area contributed by atoms with Crippen LogP contribution in [-0.2, 0) is 0 Å². The number of piperidine rings is 1. The topological polar surface area (TPSA) is 127 Å². The van der Waals surface area contributed by atoms with Gasteiger partial charge in [-0.1, -0.05) is 0 Å². The number of aromatic nitrogens is 5. The highest BCUT2D eigenvalue weighted by Gasteiger charge is 2.26. The van der Waals surface area contributed by atoms with Gasteiger partial charge in [-0.05, 0) is 32.3 Å². The van der Waals surface area contributed by atoms with Crippen molar-refractivity contribution in [3.05, 3.63) is 29.0 Å². The van der Waals surface area contributed by atoms with E-state index in [1.165, 1.54) is 6.33 Å². The highest BCUT2D eigenvalue weighted by molar-refractivity contribution is 5.88. The summed E-state index contributed by atoms with van der Waals surface area (Å²) in [7, 11) is 0. The molecule has 124 valence electrons. The van der Waals surface area contributed by atoms with Gasteiger partial charge in [0.05, 0.1) is 11.7 Å². The number of rotatable bonds is 3. The summed E-state index contributed by atoms with van der Waals surface area (Å²) >= 11 is 0. The fourth-order valence-electron chi connectivity index (χ4n) is 2.88. The highest BCUT2D eigenvalue weighted by atomic mass is 16.1. The van der Waals surface area contributed by atoms with Gasteiger partial charge in [-0.15, -0.1) is 10.2 Å². The number of nitrogens with two attached hydrogens (primary N) is 1. The average molecular weight is 326 g/mol. The zero-order chi connectivity index (χ0) is 17.3. The summed E-state index contributed by atoms with van der Waals surface area (Å²) in [6.45, 7) is 5.13. The molecular formula is C15H18N8O. The highest BCUT2D eigenvalue weighted by Crippen LogP contribution is 2.28. The molecule has 0 saturated carbocycles. The van der Waals surface area contributed by atoms with E-state index in [0.717, 1.165) is 30.6 Å². The molecule has 0 unspecified atom stereocenters. The number of carbonyl (C=O) groups is 1. The third kappa shape index (κ3) is 2.78. The summed E-state index contributed by atoms with van der Waals surface area (Å²) in [6, 6.07) is 2.27. The molecule has 1 aliphatic heterocycles. The summed E-state index contributed by atoms with van der Waals surface area (Å²) in [5, 5.41) is 22.0. The number of carbonyl (C=O) groups excluding carboxylic acids is 1. The van der Waals surface area contributed by atoms with E-state index < -0.39 is 5.91 Å². The molecule has 2 N–H and O–H groups in total. The minimum Gasteiger partial charge on any atom is -0.363 e. The van der Waals surface area contributed by atoms with Crippen molar-refractivity contribution >= 4 is 11.7 Å². The summed E-state index contributed by atoms with van der Waals surface area (Å²) in [6.07, 6.45) is 3.33. The minimum atomic E-state index is -0.645. The fourth-order valence-corrected chi connectivity index (χ4v) is 2.88. The molecule has 0 bridgehead atoms. The number of aryl methyl sites for hydroxylation is 1. The van der Waals surface area contributed by atoms with Crippen molar-refractivity contribution in [2.75, 3.05) is 18.0 Å². The Kier molecular flexibility index (Phi) is 4.12. The predicted molar refractivity (Wildman–Crippen MR) is 85.2 cm³/mol. The maximum atomic E-state index is 11.2. The van der Waals surface area contributed by atoms with Gasteiger partial charge in [-0.25, -0.2) is 9.67 Å². The molecule has 0 aromatic carbocycles. The molecule has 0 aliphatic carbocycles. The Hall–Kier alpha value is -3.02. The Labute approximate surface area is 139 Å². The lowest BCUT2D eigenvalue weighted by Crippen LogP contribution is -2.38. The number of amides is 1. The summed E-state index contributed by atoms with van der Waals surface area (Å²) in [5.74, 6) is -0.0374. The van der Waals surface area contributed by atoms with E-state index in [1.54, 1.807) is 4.68 Å². The number of hydrogen-bond acceptors (Lipinski definition) is 7. The lowest BCUT2D eigenvalue weighted by Gasteiger charge is -2.33. The maximum Gasteiger partial charge on any atom is 0.288 e. The molecule has 3 rings (SSSR count). The third-order valence-corrected chi connectivity index (χ3v) is 4.35. The Morgan fingerprint density at radius 1 is 1.42 bits per heavy atom. The van der Waals surface area contributed by atoms with Crippen molar-refractivity contribution in [1.29, 1.82) is 5.26 Å². The molecule has 1 saturated heterocycles. The lowest BCUT2D eigenvalue weighted by molar-refractivity contribution is 0.0990. The number of nitrogens with zero attached hydrogens (tertiary/aromatic N) is 7. The van der Waals surface area contributed by atoms with Crippen LogP contribution in [0, 0.1) is 25.2 Å². The van der Waals surface area contributed by atoms with Crippen LogP contribution in [0.3, 0.4) is 0 Å². The fraction of sp³-hybridized carbons (Fsp3) is 0.467. The van der Waals surface area contributed by atoms with Crippen LogP contribution in [0.1, 0.15) is 46.3 Å². The molecule has 2 aromatic rings. The molecule has 1 aliphatic rings. The zero-order valence-electron chi connectivity index (χ0n) is 13.6. The first-order valence-electron chi connectivity index (χ1n) is 7.71. The van der Waals surface area contributed by atoms with Crippen LogP contribution in [0.4, 0.5) is 5.82 Å². The van der Waals surface area contributed by atoms with Gasteiger partial charge < -0.3 is 10.6 Å². The molecule has 0 spiro atoms. The number of primary amides is 1. The molecule has 1 fully saturated rings. The Morgan fingerprint density at radius 3 is 2.88 bits per heavy atom. The van der Waals surface area contributed by atoms with Gasteiger partial charge >= 0.3 is 0 Å². The van der Waals surface area contributed by atoms with Gasteiger partial charge in [0.15, 0.2) is 5.82 Å². The smallest absolute Gasteiger partial charge is 0.288 e. The molecule has 9 heteroatoms. The van der Waals surface area contributed by atoms with Crippen molar-refractivity contribution in [3.63, 3.8) is 0 Å². The van der Waals surface area contributed by atoms with Crippen LogP contribution >= 0.6 is 0 Å². The molecule has 24 heavy (non-hydrogen) atoms. The van der Waals surface area contributed by atoms with E-state index in [4.69, 9.17) is 5.73 Å². The molecule has 9 nitrogen and oxygen atoms in total. The minimum absolute atomic E-state index is 0.0100. The molecular weight excluding hydrogens is 308 g/mol. The summed E-state index contributed by atoms with van der Waals surface area (Å²) < 4.78 is 1.66. The molecule has 1 amide bonds. The molecule has 0 radical (unpaired) electrons. The normalized spacial score (nSPS) is 17.5. The van der Waals surface area contributed by atoms with Crippen LogP contribution in [0.2, 0.25) is 0 Å². The summed E-state index contributed by atoms with van der Waals surface area (Å²) in [4.78, 5) is 17.1. The molecule has 1 atom stereocenters. The number of nitriles is 1. The van der Waals surface area contributed by atoms with Gasteiger partial charge in [-0.2, -0.15) is 10.4 Å². The van der Waals surface area contributed by atoms with Crippen LogP contribution in [0.15, 0.2) is 6.33 Å². The van der Waals surface area contributed by atoms with Gasteiger partial charge in [0.1, 0.15) is 18.0 Å². The second-order valence-corrected chi connectivity index (χ2v) is 5.88. The van der Waals surface area contributed by atoms with Crippen LogP contribution in [0.25, 0.3) is 0 Å². The van der Waals surface area contributed by atoms with Crippen LogP contribution in [-0.4, -0.2) is 44.0 Å². The van der Waals surface area contributed by atoms with Gasteiger partial charge in [0.2, 0.25) is 5.82 Å². The van der Waals surface area contributed by atoms with E-state index in [0.29, 0.717) is 17.9 Å². The summed E-state index contributed by atoms with van der Waals surface area (Å²) in [5.41, 5.74) is 7.36. The van der Waals surface area contributed by atoms with Crippen molar-refractivity contribution in [3.8, 4) is 6.07 Å². The van der Waals surface area contributed by atoms with Crippen molar-refractivity contribution in [2.45, 2.75) is 32.7 Å². The standard InChI is InChI=1S/C15H18N8O/c1-9-10(2)19-20-15(12(9)6-16)22-5-3-4-11(7-22)23-8-18-14(21-23)13(17)24/h8,11H,3-5,7H2,1-2H3,(H2,17,24)/t11-/m0/s1. The van der Waals surface area contributed by atoms with Crippen LogP contribution in [0.5, 0.6) is 0 Å². The zero-order valence-corrected chi connectivity index (χ0v) is 13.6. The molecule has 3 heterocycles. The first-order chi connectivity index (χ1) is 11.5. The van der Waals surface area contributed by atoms with E-state index in [1.807, 2.05) is 18.7 Å². The third-order valence-electron chi connectivity index (χ3n) is 4.35. The Morgan fingerprint density at radius 2 is 2.21 bits per heavy atom. The predicted octanol–water partition coefficient (Wildman–Crippen LogP) is 0.497. The largest absolute Gasteiger partial charge is 0.363 e. The Bertz CT molecular complexity index is 821. The van der Waals surface area contributed by atoms with E-state index in [9.17, 15) is 10.1 Å². The quantitative estimate of drug-likeness (QED) is 0.869. The van der Waals surface area contributed by atoms with Gasteiger partial charge in [0, 0.05) is 13.1 Å². The SMILES string of the molecule is Cc1nnc(N2CCC[C@H](n3cnc(C(N)=O)n3)C2)c(C#N)c1C. The second kappa shape index (κ2) is 6.23. The van der Waals surface area contributed by atoms with E-state index in [2.05, 4.69) is 26.3 Å². The van der Waals surface area contributed by atoms with E-state index >= 15 is 0 Å². The van der Waals surface area contributed by atoms with Gasteiger partial charge in [-0.3, -0.25) is 4.79 Å². The second-order valence-electron chi connectivity index (χ2n) is 5.88. The van der Waals surface area contributed by atoms with Crippen molar-refractivity contribution in [1.82, 2.24) is 25.0 Å². The average Bonchev–Trinajstić information content (AvgIpc) is 3.07. The lowest BCUT2D eigenvalue weighted by atomic mass is 10.0. The first-order valence-corrected chi connectivity index (χ1v) is 7.71. The van der Waals surface area contributed by atoms with Crippen molar-refractivity contribution < 1.29 is 4.79 Å². The number of anilines is 1. The first kappa shape index (κ1) is 15.9. The van der Waals surface area contributed by atoms with E-state index in [-0.39, 0.29) is 11.9 Å². The maximum absolute atomic E-state index is 11.2. The molecule has 2 aromatic heterocycles. The number of hydrogen-bond donors (Lipinski definition) is 1. The van der Waals surface area contributed by atoms with Crippen LogP contribution < -0.4 is 10.6 Å².